The van der Waals surface area contributed by atoms with Crippen LogP contribution in [0, 0.1) is 5.92 Å². The van der Waals surface area contributed by atoms with Gasteiger partial charge in [-0.2, -0.15) is 0 Å². The molecule has 0 heterocycles. The van der Waals surface area contributed by atoms with Gasteiger partial charge < -0.3 is 9.84 Å². The molecule has 15 heavy (non-hydrogen) atoms. The molecular formula is C12H16O3. The van der Waals surface area contributed by atoms with Crippen LogP contribution in [-0.2, 0) is 11.3 Å². The first-order valence-corrected chi connectivity index (χ1v) is 4.99. The van der Waals surface area contributed by atoms with Gasteiger partial charge in [0, 0.05) is 6.61 Å². The van der Waals surface area contributed by atoms with E-state index in [1.807, 2.05) is 6.07 Å². The summed E-state index contributed by atoms with van der Waals surface area (Å²) < 4.78 is 5.42. The van der Waals surface area contributed by atoms with Crippen molar-refractivity contribution < 1.29 is 14.6 Å². The second-order valence-electron chi connectivity index (χ2n) is 3.91. The van der Waals surface area contributed by atoms with E-state index in [2.05, 4.69) is 13.8 Å². The normalized spacial score (nSPS) is 10.6. The van der Waals surface area contributed by atoms with Gasteiger partial charge in [0.2, 0.25) is 0 Å². The molecule has 0 saturated carbocycles. The van der Waals surface area contributed by atoms with Crippen LogP contribution in [0.1, 0.15) is 29.8 Å². The summed E-state index contributed by atoms with van der Waals surface area (Å²) in [5, 5.41) is 8.78. The van der Waals surface area contributed by atoms with Crippen molar-refractivity contribution in [2.24, 2.45) is 5.92 Å². The zero-order valence-corrected chi connectivity index (χ0v) is 9.06. The molecule has 0 aliphatic heterocycles. The highest BCUT2D eigenvalue weighted by Gasteiger charge is 2.03. The van der Waals surface area contributed by atoms with E-state index in [0.29, 0.717) is 24.7 Å². The molecule has 0 unspecified atom stereocenters. The van der Waals surface area contributed by atoms with Crippen molar-refractivity contribution in [1.29, 1.82) is 0 Å². The Morgan fingerprint density at radius 3 is 2.80 bits per heavy atom. The highest BCUT2D eigenvalue weighted by molar-refractivity contribution is 5.87. The maximum absolute atomic E-state index is 10.7. The maximum atomic E-state index is 10.7. The van der Waals surface area contributed by atoms with E-state index in [1.165, 1.54) is 0 Å². The Labute approximate surface area is 89.7 Å². The van der Waals surface area contributed by atoms with E-state index in [1.54, 1.807) is 18.2 Å². The number of hydrogen-bond acceptors (Lipinski definition) is 2. The molecule has 1 aromatic rings. The number of carbonyl (C=O) groups is 1. The van der Waals surface area contributed by atoms with Crippen LogP contribution in [0.2, 0.25) is 0 Å². The molecule has 0 aliphatic carbocycles. The lowest BCUT2D eigenvalue weighted by Gasteiger charge is -2.07. The van der Waals surface area contributed by atoms with Crippen molar-refractivity contribution in [1.82, 2.24) is 0 Å². The molecule has 3 nitrogen and oxygen atoms in total. The average Bonchev–Trinajstić information content (AvgIpc) is 2.17. The number of hydrogen-bond donors (Lipinski definition) is 1. The van der Waals surface area contributed by atoms with Crippen LogP contribution in [0.4, 0.5) is 0 Å². The molecule has 0 saturated heterocycles. The molecule has 1 aromatic carbocycles. The van der Waals surface area contributed by atoms with Gasteiger partial charge in [-0.05, 0) is 23.6 Å². The minimum absolute atomic E-state index is 0.306. The molecule has 1 N–H and O–H groups in total. The quantitative estimate of drug-likeness (QED) is 0.808. The van der Waals surface area contributed by atoms with E-state index >= 15 is 0 Å². The maximum Gasteiger partial charge on any atom is 0.335 e. The molecule has 0 radical (unpaired) electrons. The Morgan fingerprint density at radius 1 is 1.47 bits per heavy atom. The fourth-order valence-electron chi connectivity index (χ4n) is 1.21. The van der Waals surface area contributed by atoms with E-state index in [9.17, 15) is 4.79 Å². The van der Waals surface area contributed by atoms with Gasteiger partial charge in [0.15, 0.2) is 0 Å². The third-order valence-corrected chi connectivity index (χ3v) is 1.89. The smallest absolute Gasteiger partial charge is 0.335 e. The summed E-state index contributed by atoms with van der Waals surface area (Å²) in [4.78, 5) is 10.7. The van der Waals surface area contributed by atoms with Gasteiger partial charge in [-0.1, -0.05) is 26.0 Å². The Morgan fingerprint density at radius 2 is 2.20 bits per heavy atom. The van der Waals surface area contributed by atoms with Crippen LogP contribution >= 0.6 is 0 Å². The highest BCUT2D eigenvalue weighted by Crippen LogP contribution is 2.07. The third-order valence-electron chi connectivity index (χ3n) is 1.89. The number of carboxylic acids is 1. The van der Waals surface area contributed by atoms with Crippen LogP contribution in [0.15, 0.2) is 24.3 Å². The minimum Gasteiger partial charge on any atom is -0.478 e. The summed E-state index contributed by atoms with van der Waals surface area (Å²) in [5.74, 6) is -0.409. The van der Waals surface area contributed by atoms with Crippen molar-refractivity contribution in [3.8, 4) is 0 Å². The summed E-state index contributed by atoms with van der Waals surface area (Å²) in [6.07, 6.45) is 0. The number of benzene rings is 1. The van der Waals surface area contributed by atoms with Gasteiger partial charge in [0.1, 0.15) is 0 Å². The third kappa shape index (κ3) is 4.13. The summed E-state index contributed by atoms with van der Waals surface area (Å²) in [7, 11) is 0. The molecule has 0 atom stereocenters. The van der Waals surface area contributed by atoms with Crippen LogP contribution in [0.3, 0.4) is 0 Å². The van der Waals surface area contributed by atoms with Crippen molar-refractivity contribution in [2.75, 3.05) is 6.61 Å². The van der Waals surface area contributed by atoms with Crippen molar-refractivity contribution in [3.05, 3.63) is 35.4 Å². The first-order chi connectivity index (χ1) is 7.09. The SMILES string of the molecule is CC(C)COCc1cccc(C(=O)O)c1. The van der Waals surface area contributed by atoms with Crippen LogP contribution in [0.25, 0.3) is 0 Å². The Balaban J connectivity index is 2.54. The number of ether oxygens (including phenoxy) is 1. The Kier molecular flexibility index (Phi) is 4.31. The molecule has 82 valence electrons. The highest BCUT2D eigenvalue weighted by atomic mass is 16.5. The lowest BCUT2D eigenvalue weighted by atomic mass is 10.1. The van der Waals surface area contributed by atoms with Crippen molar-refractivity contribution >= 4 is 5.97 Å². The van der Waals surface area contributed by atoms with Gasteiger partial charge in [0.05, 0.1) is 12.2 Å². The molecule has 0 fully saturated rings. The first kappa shape index (κ1) is 11.7. The molecule has 0 aliphatic rings. The Bertz CT molecular complexity index is 331. The lowest BCUT2D eigenvalue weighted by molar-refractivity contribution is 0.0696. The molecular weight excluding hydrogens is 192 g/mol. The van der Waals surface area contributed by atoms with Crippen LogP contribution in [0.5, 0.6) is 0 Å². The molecule has 1 rings (SSSR count). The molecule has 0 bridgehead atoms. The molecule has 0 spiro atoms. The predicted molar refractivity (Wildman–Crippen MR) is 57.9 cm³/mol. The van der Waals surface area contributed by atoms with Crippen molar-refractivity contribution in [2.45, 2.75) is 20.5 Å². The number of rotatable bonds is 5. The summed E-state index contributed by atoms with van der Waals surface area (Å²) in [6, 6.07) is 6.82. The lowest BCUT2D eigenvalue weighted by Crippen LogP contribution is -2.03. The Hall–Kier alpha value is -1.35. The summed E-state index contributed by atoms with van der Waals surface area (Å²) >= 11 is 0. The standard InChI is InChI=1S/C12H16O3/c1-9(2)7-15-8-10-4-3-5-11(6-10)12(13)14/h3-6,9H,7-8H2,1-2H3,(H,13,14). The van der Waals surface area contributed by atoms with E-state index in [4.69, 9.17) is 9.84 Å². The second-order valence-corrected chi connectivity index (χ2v) is 3.91. The molecule has 0 amide bonds. The average molecular weight is 208 g/mol. The topological polar surface area (TPSA) is 46.5 Å². The molecule has 3 heteroatoms. The fourth-order valence-corrected chi connectivity index (χ4v) is 1.21. The van der Waals surface area contributed by atoms with Gasteiger partial charge in [-0.3, -0.25) is 0 Å². The minimum atomic E-state index is -0.902. The van der Waals surface area contributed by atoms with E-state index < -0.39 is 5.97 Å². The van der Waals surface area contributed by atoms with Crippen molar-refractivity contribution in [3.63, 3.8) is 0 Å². The number of carboxylic acid groups (broad SMARTS) is 1. The second kappa shape index (κ2) is 5.51. The van der Waals surface area contributed by atoms with Gasteiger partial charge >= 0.3 is 5.97 Å². The zero-order valence-electron chi connectivity index (χ0n) is 9.06. The van der Waals surface area contributed by atoms with Gasteiger partial charge in [-0.25, -0.2) is 4.79 Å². The number of aromatic carboxylic acids is 1. The zero-order chi connectivity index (χ0) is 11.3. The van der Waals surface area contributed by atoms with Gasteiger partial charge in [0.25, 0.3) is 0 Å². The summed E-state index contributed by atoms with van der Waals surface area (Å²) in [6.45, 7) is 5.32. The van der Waals surface area contributed by atoms with Crippen LogP contribution in [-0.4, -0.2) is 17.7 Å². The monoisotopic (exact) mass is 208 g/mol. The van der Waals surface area contributed by atoms with Crippen LogP contribution < -0.4 is 0 Å². The van der Waals surface area contributed by atoms with Gasteiger partial charge in [-0.15, -0.1) is 0 Å². The fraction of sp³-hybridized carbons (Fsp3) is 0.417. The van der Waals surface area contributed by atoms with E-state index in [0.717, 1.165) is 5.56 Å². The predicted octanol–water partition coefficient (Wildman–Crippen LogP) is 2.56. The van der Waals surface area contributed by atoms with E-state index in [-0.39, 0.29) is 0 Å². The summed E-state index contributed by atoms with van der Waals surface area (Å²) in [5.41, 5.74) is 1.20. The largest absolute Gasteiger partial charge is 0.478 e. The molecule has 0 aromatic heterocycles. The first-order valence-electron chi connectivity index (χ1n) is 4.99.